The van der Waals surface area contributed by atoms with Crippen LogP contribution in [-0.2, 0) is 0 Å². The van der Waals surface area contributed by atoms with Gasteiger partial charge in [-0.25, -0.2) is 9.18 Å². The van der Waals surface area contributed by atoms with Crippen LogP contribution in [0, 0.1) is 9.39 Å². The van der Waals surface area contributed by atoms with Crippen molar-refractivity contribution in [3.63, 3.8) is 0 Å². The second kappa shape index (κ2) is 3.47. The summed E-state index contributed by atoms with van der Waals surface area (Å²) in [5.41, 5.74) is 0. The highest BCUT2D eigenvalue weighted by atomic mass is 127. The summed E-state index contributed by atoms with van der Waals surface area (Å²) in [6.45, 7) is 0. The van der Waals surface area contributed by atoms with E-state index in [2.05, 4.69) is 0 Å². The topological polar surface area (TPSA) is 37.3 Å². The minimum Gasteiger partial charge on any atom is -0.477 e. The Balaban J connectivity index is 2.79. The Morgan fingerprint density at radius 3 is 2.86 bits per heavy atom. The molecule has 0 aliphatic carbocycles. The smallest absolute Gasteiger partial charge is 0.347 e. The molecule has 0 amide bonds. The fourth-order valence-corrected chi connectivity index (χ4v) is 3.35. The number of carboxylic acids is 1. The first-order chi connectivity index (χ1) is 6.59. The lowest BCUT2D eigenvalue weighted by atomic mass is 10.2. The monoisotopic (exact) mass is 322 g/mol. The molecule has 0 bridgehead atoms. The quantitative estimate of drug-likeness (QED) is 0.818. The van der Waals surface area contributed by atoms with Crippen LogP contribution < -0.4 is 0 Å². The Hall–Kier alpha value is -0.690. The SMILES string of the molecule is O=C(O)c1sc2cc(F)ccc2c1I. The average molecular weight is 322 g/mol. The molecule has 0 radical (unpaired) electrons. The minimum atomic E-state index is -0.962. The molecule has 0 aliphatic rings. The lowest BCUT2D eigenvalue weighted by Gasteiger charge is -1.90. The summed E-state index contributed by atoms with van der Waals surface area (Å²) < 4.78 is 14.2. The number of hydrogen-bond donors (Lipinski definition) is 1. The summed E-state index contributed by atoms with van der Waals surface area (Å²) in [5.74, 6) is -1.30. The van der Waals surface area contributed by atoms with Gasteiger partial charge in [-0.05, 0) is 40.8 Å². The molecule has 2 rings (SSSR count). The van der Waals surface area contributed by atoms with E-state index in [1.165, 1.54) is 12.1 Å². The molecule has 2 nitrogen and oxygen atoms in total. The van der Waals surface area contributed by atoms with Gasteiger partial charge >= 0.3 is 5.97 Å². The third-order valence-corrected chi connectivity index (χ3v) is 4.41. The Labute approximate surface area is 96.5 Å². The first kappa shape index (κ1) is 9.85. The van der Waals surface area contributed by atoms with Crippen molar-refractivity contribution >= 4 is 50.0 Å². The average Bonchev–Trinajstić information content (AvgIpc) is 2.43. The van der Waals surface area contributed by atoms with Gasteiger partial charge in [0.15, 0.2) is 0 Å². The summed E-state index contributed by atoms with van der Waals surface area (Å²) in [6, 6.07) is 4.30. The third-order valence-electron chi connectivity index (χ3n) is 1.79. The molecule has 1 N–H and O–H groups in total. The van der Waals surface area contributed by atoms with E-state index in [4.69, 9.17) is 5.11 Å². The van der Waals surface area contributed by atoms with E-state index < -0.39 is 5.97 Å². The first-order valence-corrected chi connectivity index (χ1v) is 5.60. The van der Waals surface area contributed by atoms with Crippen molar-refractivity contribution in [3.05, 3.63) is 32.5 Å². The van der Waals surface area contributed by atoms with Crippen molar-refractivity contribution < 1.29 is 14.3 Å². The fourth-order valence-electron chi connectivity index (χ4n) is 1.18. The third kappa shape index (κ3) is 1.50. The Bertz CT molecular complexity index is 521. The second-order valence-electron chi connectivity index (χ2n) is 2.69. The van der Waals surface area contributed by atoms with Crippen molar-refractivity contribution in [1.29, 1.82) is 0 Å². The maximum Gasteiger partial charge on any atom is 0.347 e. The molecule has 0 unspecified atom stereocenters. The van der Waals surface area contributed by atoms with Crippen molar-refractivity contribution in [2.24, 2.45) is 0 Å². The van der Waals surface area contributed by atoms with Crippen LogP contribution in [0.25, 0.3) is 10.1 Å². The van der Waals surface area contributed by atoms with Gasteiger partial charge in [0.1, 0.15) is 10.7 Å². The number of carbonyl (C=O) groups is 1. The molecule has 5 heteroatoms. The second-order valence-corrected chi connectivity index (χ2v) is 4.82. The number of halogens is 2. The molecule has 0 fully saturated rings. The number of benzene rings is 1. The van der Waals surface area contributed by atoms with E-state index in [1.807, 2.05) is 22.6 Å². The van der Waals surface area contributed by atoms with Gasteiger partial charge in [-0.15, -0.1) is 11.3 Å². The van der Waals surface area contributed by atoms with Crippen LogP contribution in [0.5, 0.6) is 0 Å². The fraction of sp³-hybridized carbons (Fsp3) is 0. The predicted octanol–water partition coefficient (Wildman–Crippen LogP) is 3.34. The predicted molar refractivity (Wildman–Crippen MR) is 61.5 cm³/mol. The zero-order chi connectivity index (χ0) is 10.3. The van der Waals surface area contributed by atoms with Crippen molar-refractivity contribution in [2.75, 3.05) is 0 Å². The number of carboxylic acid groups (broad SMARTS) is 1. The molecule has 72 valence electrons. The van der Waals surface area contributed by atoms with E-state index in [0.717, 1.165) is 16.7 Å². The highest BCUT2D eigenvalue weighted by Crippen LogP contribution is 2.32. The largest absolute Gasteiger partial charge is 0.477 e. The van der Waals surface area contributed by atoms with Crippen molar-refractivity contribution in [3.8, 4) is 0 Å². The number of hydrogen-bond acceptors (Lipinski definition) is 2. The molecule has 0 atom stereocenters. The van der Waals surface area contributed by atoms with Gasteiger partial charge in [-0.2, -0.15) is 0 Å². The van der Waals surface area contributed by atoms with Gasteiger partial charge in [0.2, 0.25) is 0 Å². The lowest BCUT2D eigenvalue weighted by molar-refractivity contribution is 0.0701. The summed E-state index contributed by atoms with van der Waals surface area (Å²) in [7, 11) is 0. The van der Waals surface area contributed by atoms with Crippen LogP contribution in [0.15, 0.2) is 18.2 Å². The lowest BCUT2D eigenvalue weighted by Crippen LogP contribution is -1.93. The number of aromatic carboxylic acids is 1. The van der Waals surface area contributed by atoms with Gasteiger partial charge in [-0.3, -0.25) is 0 Å². The zero-order valence-corrected chi connectivity index (χ0v) is 9.73. The molecular weight excluding hydrogens is 318 g/mol. The highest BCUT2D eigenvalue weighted by molar-refractivity contribution is 14.1. The van der Waals surface area contributed by atoms with E-state index in [0.29, 0.717) is 8.27 Å². The summed E-state index contributed by atoms with van der Waals surface area (Å²) >= 11 is 3.07. The van der Waals surface area contributed by atoms with E-state index in [-0.39, 0.29) is 10.7 Å². The van der Waals surface area contributed by atoms with Crippen LogP contribution in [0.1, 0.15) is 9.67 Å². The van der Waals surface area contributed by atoms with Crippen LogP contribution in [0.4, 0.5) is 4.39 Å². The van der Waals surface area contributed by atoms with Crippen LogP contribution in [0.3, 0.4) is 0 Å². The summed E-state index contributed by atoms with van der Waals surface area (Å²) in [6.07, 6.45) is 0. The standard InChI is InChI=1S/C9H4FIO2S/c10-4-1-2-5-6(3-4)14-8(7(5)11)9(12)13/h1-3H,(H,12,13). The maximum absolute atomic E-state index is 12.8. The van der Waals surface area contributed by atoms with E-state index in [1.54, 1.807) is 6.07 Å². The van der Waals surface area contributed by atoms with Gasteiger partial charge in [-0.1, -0.05) is 0 Å². The van der Waals surface area contributed by atoms with Gasteiger partial charge in [0.05, 0.1) is 0 Å². The molecule has 2 aromatic rings. The number of rotatable bonds is 1. The van der Waals surface area contributed by atoms with E-state index in [9.17, 15) is 9.18 Å². The Kier molecular flexibility index (Phi) is 2.44. The van der Waals surface area contributed by atoms with Crippen LogP contribution in [0.2, 0.25) is 0 Å². The highest BCUT2D eigenvalue weighted by Gasteiger charge is 2.15. The molecule has 0 spiro atoms. The molecule has 14 heavy (non-hydrogen) atoms. The molecule has 0 aliphatic heterocycles. The molecule has 0 saturated carbocycles. The summed E-state index contributed by atoms with van der Waals surface area (Å²) in [5, 5.41) is 9.65. The van der Waals surface area contributed by atoms with E-state index >= 15 is 0 Å². The first-order valence-electron chi connectivity index (χ1n) is 3.70. The molecule has 1 heterocycles. The van der Waals surface area contributed by atoms with Gasteiger partial charge in [0.25, 0.3) is 0 Å². The van der Waals surface area contributed by atoms with Crippen molar-refractivity contribution in [2.45, 2.75) is 0 Å². The molecule has 0 saturated heterocycles. The molecule has 1 aromatic heterocycles. The molecule has 1 aromatic carbocycles. The Morgan fingerprint density at radius 1 is 1.50 bits per heavy atom. The van der Waals surface area contributed by atoms with Crippen molar-refractivity contribution in [1.82, 2.24) is 0 Å². The van der Waals surface area contributed by atoms with Crippen LogP contribution >= 0.6 is 33.9 Å². The van der Waals surface area contributed by atoms with Gasteiger partial charge in [0, 0.05) is 13.7 Å². The normalized spacial score (nSPS) is 10.7. The maximum atomic E-state index is 12.8. The van der Waals surface area contributed by atoms with Gasteiger partial charge < -0.3 is 5.11 Å². The summed E-state index contributed by atoms with van der Waals surface area (Å²) in [4.78, 5) is 11.1. The molecular formula is C9H4FIO2S. The minimum absolute atomic E-state index is 0.270. The number of thiophene rings is 1. The Morgan fingerprint density at radius 2 is 2.21 bits per heavy atom. The zero-order valence-electron chi connectivity index (χ0n) is 6.75. The van der Waals surface area contributed by atoms with Crippen LogP contribution in [-0.4, -0.2) is 11.1 Å². The number of fused-ring (bicyclic) bond motifs is 1.